The summed E-state index contributed by atoms with van der Waals surface area (Å²) >= 11 is 0. The van der Waals surface area contributed by atoms with Crippen molar-refractivity contribution in [2.24, 2.45) is 0 Å². The lowest BCUT2D eigenvalue weighted by Gasteiger charge is -2.46. The van der Waals surface area contributed by atoms with E-state index in [-0.39, 0.29) is 12.1 Å². The Morgan fingerprint density at radius 3 is 2.38 bits per heavy atom. The van der Waals surface area contributed by atoms with E-state index in [0.717, 1.165) is 32.1 Å². The quantitative estimate of drug-likeness (QED) is 0.788. The van der Waals surface area contributed by atoms with Crippen molar-refractivity contribution in [1.82, 2.24) is 4.90 Å². The lowest BCUT2D eigenvalue weighted by Crippen LogP contribution is -2.58. The van der Waals surface area contributed by atoms with Crippen LogP contribution in [0.1, 0.15) is 51.4 Å². The number of hydrogen-bond acceptors (Lipinski definition) is 3. The van der Waals surface area contributed by atoms with Gasteiger partial charge >= 0.3 is 0 Å². The molecule has 0 spiro atoms. The highest BCUT2D eigenvalue weighted by Crippen LogP contribution is 2.39. The Hall–Kier alpha value is -0.410. The van der Waals surface area contributed by atoms with Gasteiger partial charge in [-0.15, -0.1) is 0 Å². The summed E-state index contributed by atoms with van der Waals surface area (Å²) in [6, 6.07) is 1.03. The van der Waals surface area contributed by atoms with Gasteiger partial charge in [0.05, 0.1) is 12.1 Å². The van der Waals surface area contributed by atoms with Crippen LogP contribution in [0.2, 0.25) is 0 Å². The van der Waals surface area contributed by atoms with Gasteiger partial charge in [-0.25, -0.2) is 0 Å². The monoisotopic (exact) mass is 223 g/mol. The molecule has 0 heterocycles. The van der Waals surface area contributed by atoms with Crippen molar-refractivity contribution in [3.05, 3.63) is 0 Å². The Labute approximate surface area is 96.8 Å². The molecule has 3 saturated carbocycles. The number of rotatable bonds is 3. The maximum absolute atomic E-state index is 12.0. The molecule has 0 amide bonds. The number of hydrogen-bond donors (Lipinski definition) is 1. The third-order valence-corrected chi connectivity index (χ3v) is 4.44. The van der Waals surface area contributed by atoms with Gasteiger partial charge in [0.25, 0.3) is 0 Å². The van der Waals surface area contributed by atoms with Crippen LogP contribution in [0.4, 0.5) is 0 Å². The molecule has 0 aromatic heterocycles. The summed E-state index contributed by atoms with van der Waals surface area (Å²) in [4.78, 5) is 14.4. The third-order valence-electron chi connectivity index (χ3n) is 4.44. The first kappa shape index (κ1) is 10.7. The zero-order chi connectivity index (χ0) is 11.1. The lowest BCUT2D eigenvalue weighted by atomic mass is 9.83. The molecule has 3 unspecified atom stereocenters. The van der Waals surface area contributed by atoms with E-state index < -0.39 is 0 Å². The van der Waals surface area contributed by atoms with E-state index in [1.807, 2.05) is 0 Å². The molecule has 0 aliphatic heterocycles. The molecule has 16 heavy (non-hydrogen) atoms. The topological polar surface area (TPSA) is 40.5 Å². The predicted octanol–water partition coefficient (Wildman–Crippen LogP) is 1.49. The molecular formula is C13H21NO2. The van der Waals surface area contributed by atoms with Gasteiger partial charge < -0.3 is 5.11 Å². The average molecular weight is 223 g/mol. The second-order valence-corrected chi connectivity index (χ2v) is 5.62. The highest BCUT2D eigenvalue weighted by molar-refractivity contribution is 5.84. The zero-order valence-corrected chi connectivity index (χ0v) is 9.77. The van der Waals surface area contributed by atoms with Crippen molar-refractivity contribution in [1.29, 1.82) is 0 Å². The van der Waals surface area contributed by atoms with Crippen LogP contribution >= 0.6 is 0 Å². The summed E-state index contributed by atoms with van der Waals surface area (Å²) in [5, 5.41) is 9.82. The molecule has 3 atom stereocenters. The Kier molecular flexibility index (Phi) is 2.76. The average Bonchev–Trinajstić information content (AvgIpc) is 3.08. The van der Waals surface area contributed by atoms with Crippen LogP contribution in [0.15, 0.2) is 0 Å². The predicted molar refractivity (Wildman–Crippen MR) is 61.2 cm³/mol. The van der Waals surface area contributed by atoms with Crippen LogP contribution in [0.25, 0.3) is 0 Å². The highest BCUT2D eigenvalue weighted by Gasteiger charge is 2.46. The maximum Gasteiger partial charge on any atom is 0.149 e. The summed E-state index contributed by atoms with van der Waals surface area (Å²) in [6.07, 6.45) is 8.34. The molecule has 1 N–H and O–H groups in total. The van der Waals surface area contributed by atoms with Gasteiger partial charge in [0.2, 0.25) is 0 Å². The summed E-state index contributed by atoms with van der Waals surface area (Å²) in [7, 11) is 0. The van der Waals surface area contributed by atoms with Crippen LogP contribution in [-0.2, 0) is 4.79 Å². The van der Waals surface area contributed by atoms with Crippen molar-refractivity contribution < 1.29 is 9.90 Å². The van der Waals surface area contributed by atoms with Gasteiger partial charge in [0.15, 0.2) is 0 Å². The zero-order valence-electron chi connectivity index (χ0n) is 9.77. The lowest BCUT2D eigenvalue weighted by molar-refractivity contribution is -0.131. The first-order chi connectivity index (χ1) is 7.77. The second kappa shape index (κ2) is 4.11. The van der Waals surface area contributed by atoms with Crippen LogP contribution in [0.5, 0.6) is 0 Å². The van der Waals surface area contributed by atoms with Crippen molar-refractivity contribution in [2.45, 2.75) is 75.6 Å². The van der Waals surface area contributed by atoms with E-state index >= 15 is 0 Å². The number of ketones is 1. The smallest absolute Gasteiger partial charge is 0.149 e. The minimum atomic E-state index is -0.171. The van der Waals surface area contributed by atoms with Crippen LogP contribution < -0.4 is 0 Å². The molecule has 3 nitrogen and oxygen atoms in total. The third kappa shape index (κ3) is 1.80. The number of Topliss-reactive ketones (excluding diaryl/α,β-unsaturated/α-hetero) is 1. The van der Waals surface area contributed by atoms with Gasteiger partial charge in [-0.05, 0) is 38.5 Å². The Bertz CT molecular complexity index is 288. The van der Waals surface area contributed by atoms with Gasteiger partial charge in [-0.2, -0.15) is 0 Å². The van der Waals surface area contributed by atoms with Gasteiger partial charge in [0, 0.05) is 18.5 Å². The molecule has 3 heteroatoms. The fraction of sp³-hybridized carbons (Fsp3) is 0.923. The fourth-order valence-electron chi connectivity index (χ4n) is 3.22. The molecule has 3 fully saturated rings. The van der Waals surface area contributed by atoms with E-state index in [0.29, 0.717) is 17.9 Å². The van der Waals surface area contributed by atoms with Crippen molar-refractivity contribution in [3.8, 4) is 0 Å². The molecule has 3 rings (SSSR count). The summed E-state index contributed by atoms with van der Waals surface area (Å²) < 4.78 is 0. The van der Waals surface area contributed by atoms with Crippen LogP contribution in [0.3, 0.4) is 0 Å². The molecule has 0 bridgehead atoms. The van der Waals surface area contributed by atoms with E-state index in [1.54, 1.807) is 0 Å². The number of aliphatic hydroxyl groups is 1. The Morgan fingerprint density at radius 2 is 1.88 bits per heavy atom. The van der Waals surface area contributed by atoms with E-state index in [2.05, 4.69) is 4.90 Å². The molecule has 0 radical (unpaired) electrons. The minimum absolute atomic E-state index is 0.140. The van der Waals surface area contributed by atoms with Crippen molar-refractivity contribution in [3.63, 3.8) is 0 Å². The molecule has 0 saturated heterocycles. The number of carbonyl (C=O) groups excluding carboxylic acids is 1. The van der Waals surface area contributed by atoms with Crippen molar-refractivity contribution >= 4 is 5.78 Å². The number of nitrogens with zero attached hydrogens (tertiary/aromatic N) is 1. The molecule has 0 aromatic carbocycles. The normalized spacial score (nSPS) is 39.9. The Morgan fingerprint density at radius 1 is 1.06 bits per heavy atom. The maximum atomic E-state index is 12.0. The van der Waals surface area contributed by atoms with Gasteiger partial charge in [-0.3, -0.25) is 9.69 Å². The number of carbonyl (C=O) groups is 1. The number of aliphatic hydroxyl groups excluding tert-OH is 1. The molecule has 3 aliphatic carbocycles. The SMILES string of the molecule is O=C1CCCCC1N(C1CC1)C1CCC1O. The highest BCUT2D eigenvalue weighted by atomic mass is 16.3. The molecule has 0 aromatic rings. The summed E-state index contributed by atoms with van der Waals surface area (Å²) in [6.45, 7) is 0. The Balaban J connectivity index is 1.73. The standard InChI is InChI=1S/C13H21NO2/c15-12-4-2-1-3-10(12)14(9-5-6-9)11-7-8-13(11)16/h9-11,13,16H,1-8H2. The van der Waals surface area contributed by atoms with E-state index in [1.165, 1.54) is 19.3 Å². The summed E-state index contributed by atoms with van der Waals surface area (Å²) in [5.41, 5.74) is 0. The van der Waals surface area contributed by atoms with E-state index in [9.17, 15) is 9.90 Å². The van der Waals surface area contributed by atoms with Crippen LogP contribution in [0, 0.1) is 0 Å². The van der Waals surface area contributed by atoms with E-state index in [4.69, 9.17) is 0 Å². The van der Waals surface area contributed by atoms with Crippen LogP contribution in [-0.4, -0.2) is 40.0 Å². The summed E-state index contributed by atoms with van der Waals surface area (Å²) in [5.74, 6) is 0.428. The first-order valence-corrected chi connectivity index (χ1v) is 6.75. The minimum Gasteiger partial charge on any atom is -0.391 e. The van der Waals surface area contributed by atoms with Crippen molar-refractivity contribution in [2.75, 3.05) is 0 Å². The van der Waals surface area contributed by atoms with Gasteiger partial charge in [-0.1, -0.05) is 6.42 Å². The van der Waals surface area contributed by atoms with Gasteiger partial charge in [0.1, 0.15) is 5.78 Å². The first-order valence-electron chi connectivity index (χ1n) is 6.75. The molecular weight excluding hydrogens is 202 g/mol. The molecule has 90 valence electrons. The molecule has 3 aliphatic rings. The second-order valence-electron chi connectivity index (χ2n) is 5.62. The fourth-order valence-corrected chi connectivity index (χ4v) is 3.22. The largest absolute Gasteiger partial charge is 0.391 e.